The number of carbonyl (C=O) groups is 2. The van der Waals surface area contributed by atoms with Crippen LogP contribution in [0.3, 0.4) is 0 Å². The lowest BCUT2D eigenvalue weighted by Crippen LogP contribution is -2.42. The van der Waals surface area contributed by atoms with Crippen LogP contribution in [0.25, 0.3) is 11.0 Å². The Balaban J connectivity index is 1.51. The van der Waals surface area contributed by atoms with Gasteiger partial charge in [0.2, 0.25) is 0 Å². The smallest absolute Gasteiger partial charge is 0.291 e. The molecule has 2 heterocycles. The second kappa shape index (κ2) is 7.91. The zero-order valence-corrected chi connectivity index (χ0v) is 17.3. The number of piperidine rings is 1. The van der Waals surface area contributed by atoms with Crippen LogP contribution in [0.2, 0.25) is 5.02 Å². The Morgan fingerprint density at radius 2 is 1.97 bits per heavy atom. The molecule has 1 N–H and O–H groups in total. The van der Waals surface area contributed by atoms with Gasteiger partial charge in [0.25, 0.3) is 11.8 Å². The molecule has 1 fully saturated rings. The molecule has 1 saturated heterocycles. The van der Waals surface area contributed by atoms with E-state index in [1.165, 1.54) is 6.42 Å². The number of nitrogens with one attached hydrogen (secondary N) is 1. The van der Waals surface area contributed by atoms with Crippen molar-refractivity contribution in [1.82, 2.24) is 4.90 Å². The van der Waals surface area contributed by atoms with Gasteiger partial charge in [0.05, 0.1) is 0 Å². The normalized spacial score (nSPS) is 16.8. The molecule has 0 aliphatic carbocycles. The molecule has 1 aliphatic rings. The molecule has 29 heavy (non-hydrogen) atoms. The molecule has 4 rings (SSSR count). The van der Waals surface area contributed by atoms with Crippen molar-refractivity contribution in [2.24, 2.45) is 0 Å². The van der Waals surface area contributed by atoms with Crippen molar-refractivity contribution in [3.8, 4) is 0 Å². The summed E-state index contributed by atoms with van der Waals surface area (Å²) < 4.78 is 5.62. The van der Waals surface area contributed by atoms with Gasteiger partial charge >= 0.3 is 0 Å². The summed E-state index contributed by atoms with van der Waals surface area (Å²) >= 11 is 5.99. The number of aryl methyl sites for hydroxylation is 1. The van der Waals surface area contributed by atoms with Crippen molar-refractivity contribution < 1.29 is 14.0 Å². The Bertz CT molecular complexity index is 1090. The van der Waals surface area contributed by atoms with E-state index in [2.05, 4.69) is 12.2 Å². The van der Waals surface area contributed by atoms with Crippen molar-refractivity contribution in [2.75, 3.05) is 11.9 Å². The van der Waals surface area contributed by atoms with Crippen LogP contribution in [0.15, 0.2) is 46.9 Å². The summed E-state index contributed by atoms with van der Waals surface area (Å²) in [7, 11) is 0. The topological polar surface area (TPSA) is 62.6 Å². The summed E-state index contributed by atoms with van der Waals surface area (Å²) in [5.41, 5.74) is 2.73. The molecule has 0 bridgehead atoms. The fraction of sp³-hybridized carbons (Fsp3) is 0.304. The molecule has 0 spiro atoms. The highest BCUT2D eigenvalue weighted by Crippen LogP contribution is 2.25. The van der Waals surface area contributed by atoms with Crippen molar-refractivity contribution in [2.45, 2.75) is 39.2 Å². The number of halogens is 1. The van der Waals surface area contributed by atoms with E-state index in [9.17, 15) is 9.59 Å². The van der Waals surface area contributed by atoms with E-state index in [-0.39, 0.29) is 23.6 Å². The molecule has 3 aromatic rings. The molecule has 1 unspecified atom stereocenters. The molecular formula is C23H23ClN2O3. The first-order chi connectivity index (χ1) is 13.9. The zero-order valence-electron chi connectivity index (χ0n) is 16.5. The molecule has 1 atom stereocenters. The minimum atomic E-state index is -0.343. The average molecular weight is 411 g/mol. The molecular weight excluding hydrogens is 388 g/mol. The first-order valence-electron chi connectivity index (χ1n) is 9.84. The van der Waals surface area contributed by atoms with Crippen LogP contribution in [0.1, 0.15) is 52.7 Å². The van der Waals surface area contributed by atoms with E-state index < -0.39 is 0 Å². The maximum absolute atomic E-state index is 12.9. The average Bonchev–Trinajstić information content (AvgIpc) is 3.12. The molecule has 2 amide bonds. The quantitative estimate of drug-likeness (QED) is 0.605. The van der Waals surface area contributed by atoms with Crippen LogP contribution in [-0.4, -0.2) is 29.3 Å². The number of benzene rings is 2. The summed E-state index contributed by atoms with van der Waals surface area (Å²) in [6.07, 6.45) is 3.26. The Hall–Kier alpha value is -2.79. The Kier molecular flexibility index (Phi) is 5.33. The van der Waals surface area contributed by atoms with Crippen LogP contribution in [0.5, 0.6) is 0 Å². The lowest BCUT2D eigenvalue weighted by Gasteiger charge is -2.33. The SMILES string of the molecule is Cc1cc(C(=O)N2CCCCC2C)ccc1NC(=O)c1cc2cc(Cl)ccc2o1. The van der Waals surface area contributed by atoms with E-state index in [1.54, 1.807) is 36.4 Å². The number of likely N-dealkylation sites (tertiary alicyclic amines) is 1. The largest absolute Gasteiger partial charge is 0.451 e. The van der Waals surface area contributed by atoms with Crippen LogP contribution < -0.4 is 5.32 Å². The van der Waals surface area contributed by atoms with Crippen molar-refractivity contribution in [3.05, 3.63) is 64.4 Å². The Morgan fingerprint density at radius 3 is 2.72 bits per heavy atom. The third-order valence-corrected chi connectivity index (χ3v) is 5.72. The number of furan rings is 1. The number of anilines is 1. The third-order valence-electron chi connectivity index (χ3n) is 5.49. The highest BCUT2D eigenvalue weighted by molar-refractivity contribution is 6.31. The Labute approximate surface area is 174 Å². The van der Waals surface area contributed by atoms with E-state index in [4.69, 9.17) is 16.0 Å². The fourth-order valence-corrected chi connectivity index (χ4v) is 3.99. The third kappa shape index (κ3) is 4.01. The van der Waals surface area contributed by atoms with Gasteiger partial charge in [-0.2, -0.15) is 0 Å². The Morgan fingerprint density at radius 1 is 1.14 bits per heavy atom. The van der Waals surface area contributed by atoms with E-state index in [1.807, 2.05) is 17.9 Å². The lowest BCUT2D eigenvalue weighted by molar-refractivity contribution is 0.0635. The monoisotopic (exact) mass is 410 g/mol. The van der Waals surface area contributed by atoms with E-state index in [0.29, 0.717) is 21.9 Å². The van der Waals surface area contributed by atoms with Crippen LogP contribution in [-0.2, 0) is 0 Å². The summed E-state index contributed by atoms with van der Waals surface area (Å²) in [5, 5.41) is 4.23. The molecule has 150 valence electrons. The van der Waals surface area contributed by atoms with Crippen molar-refractivity contribution in [1.29, 1.82) is 0 Å². The maximum Gasteiger partial charge on any atom is 0.291 e. The summed E-state index contributed by atoms with van der Waals surface area (Å²) in [4.78, 5) is 27.4. The summed E-state index contributed by atoms with van der Waals surface area (Å²) in [6, 6.07) is 12.5. The summed E-state index contributed by atoms with van der Waals surface area (Å²) in [5.74, 6) is -0.0829. The molecule has 1 aromatic heterocycles. The van der Waals surface area contributed by atoms with Crippen LogP contribution >= 0.6 is 11.6 Å². The highest BCUT2D eigenvalue weighted by atomic mass is 35.5. The maximum atomic E-state index is 12.9. The number of hydrogen-bond donors (Lipinski definition) is 1. The van der Waals surface area contributed by atoms with Gasteiger partial charge in [0, 0.05) is 34.2 Å². The number of fused-ring (bicyclic) bond motifs is 1. The minimum Gasteiger partial charge on any atom is -0.451 e. The molecule has 0 saturated carbocycles. The van der Waals surface area contributed by atoms with Gasteiger partial charge in [-0.1, -0.05) is 11.6 Å². The van der Waals surface area contributed by atoms with E-state index in [0.717, 1.165) is 30.3 Å². The first-order valence-corrected chi connectivity index (χ1v) is 10.2. The first kappa shape index (κ1) is 19.5. The predicted octanol–water partition coefficient (Wildman–Crippen LogP) is 5.66. The second-order valence-corrected chi connectivity index (χ2v) is 8.06. The van der Waals surface area contributed by atoms with Gasteiger partial charge in [-0.25, -0.2) is 0 Å². The minimum absolute atomic E-state index is 0.0485. The van der Waals surface area contributed by atoms with Gasteiger partial charge in [-0.05, 0) is 81.1 Å². The predicted molar refractivity (Wildman–Crippen MR) is 115 cm³/mol. The molecule has 2 aromatic carbocycles. The van der Waals surface area contributed by atoms with Crippen LogP contribution in [0.4, 0.5) is 5.69 Å². The molecule has 6 heteroatoms. The number of hydrogen-bond acceptors (Lipinski definition) is 3. The fourth-order valence-electron chi connectivity index (χ4n) is 3.81. The van der Waals surface area contributed by atoms with Gasteiger partial charge < -0.3 is 14.6 Å². The van der Waals surface area contributed by atoms with Crippen molar-refractivity contribution in [3.63, 3.8) is 0 Å². The highest BCUT2D eigenvalue weighted by Gasteiger charge is 2.24. The van der Waals surface area contributed by atoms with E-state index >= 15 is 0 Å². The summed E-state index contributed by atoms with van der Waals surface area (Å²) in [6.45, 7) is 4.77. The molecule has 5 nitrogen and oxygen atoms in total. The lowest BCUT2D eigenvalue weighted by atomic mass is 10.0. The number of carbonyl (C=O) groups excluding carboxylic acids is 2. The second-order valence-electron chi connectivity index (χ2n) is 7.62. The molecule has 0 radical (unpaired) electrons. The molecule has 1 aliphatic heterocycles. The number of nitrogens with zero attached hydrogens (tertiary/aromatic N) is 1. The van der Waals surface area contributed by atoms with Gasteiger partial charge in [-0.15, -0.1) is 0 Å². The van der Waals surface area contributed by atoms with Gasteiger partial charge in [0.15, 0.2) is 5.76 Å². The van der Waals surface area contributed by atoms with Crippen LogP contribution in [0, 0.1) is 6.92 Å². The number of rotatable bonds is 3. The standard InChI is InChI=1S/C23H23ClN2O3/c1-14-11-16(23(28)26-10-4-3-5-15(26)2)6-8-19(14)25-22(27)21-13-17-12-18(24)7-9-20(17)29-21/h6-9,11-13,15H,3-5,10H2,1-2H3,(H,25,27). The zero-order chi connectivity index (χ0) is 20.5. The van der Waals surface area contributed by atoms with Crippen molar-refractivity contribution >= 4 is 40.1 Å². The van der Waals surface area contributed by atoms with Gasteiger partial charge in [-0.3, -0.25) is 9.59 Å². The number of amides is 2. The van der Waals surface area contributed by atoms with Gasteiger partial charge in [0.1, 0.15) is 5.58 Å².